The number of halogens is 1. The number of rotatable bonds is 13. The lowest BCUT2D eigenvalue weighted by Gasteiger charge is -2.23. The number of hydrogen-bond acceptors (Lipinski definition) is 9. The van der Waals surface area contributed by atoms with E-state index in [-0.39, 0.29) is 16.3 Å². The number of benzene rings is 4. The van der Waals surface area contributed by atoms with Gasteiger partial charge in [0.15, 0.2) is 15.8 Å². The number of aliphatic hydroxyl groups is 1. The number of Topliss-reactive ketones (excluding diaryl/α,β-unsaturated/α-hetero) is 1. The van der Waals surface area contributed by atoms with E-state index in [1.165, 1.54) is 52.3 Å². The molecule has 1 amide bonds. The monoisotopic (exact) mass is 683 g/mol. The van der Waals surface area contributed by atoms with E-state index < -0.39 is 29.3 Å². The molecular formula is C37H34FN3O5S2. The van der Waals surface area contributed by atoms with Gasteiger partial charge in [-0.3, -0.25) is 14.5 Å². The van der Waals surface area contributed by atoms with Gasteiger partial charge in [-0.05, 0) is 71.6 Å². The van der Waals surface area contributed by atoms with Gasteiger partial charge in [-0.15, -0.1) is 10.2 Å². The number of unbranched alkanes of at least 4 members (excludes halogenated alkanes) is 2. The van der Waals surface area contributed by atoms with Crippen molar-refractivity contribution in [3.63, 3.8) is 0 Å². The number of carbonyl (C=O) groups excluding carboxylic acids is 2. The van der Waals surface area contributed by atoms with Gasteiger partial charge >= 0.3 is 5.91 Å². The molecule has 48 heavy (non-hydrogen) atoms. The average Bonchev–Trinajstić information content (AvgIpc) is 3.67. The first-order valence-corrected chi connectivity index (χ1v) is 17.6. The Hall–Kier alpha value is -4.74. The Morgan fingerprint density at radius 3 is 2.52 bits per heavy atom. The van der Waals surface area contributed by atoms with Crippen molar-refractivity contribution in [1.29, 1.82) is 0 Å². The number of fused-ring (bicyclic) bond motifs is 1. The van der Waals surface area contributed by atoms with Gasteiger partial charge in [0.1, 0.15) is 11.6 Å². The molecule has 1 saturated heterocycles. The van der Waals surface area contributed by atoms with E-state index >= 15 is 0 Å². The minimum atomic E-state index is -1.06. The van der Waals surface area contributed by atoms with Gasteiger partial charge in [0, 0.05) is 11.3 Å². The van der Waals surface area contributed by atoms with Crippen LogP contribution >= 0.6 is 23.1 Å². The first-order chi connectivity index (χ1) is 23.4. The normalized spacial score (nSPS) is 15.7. The Morgan fingerprint density at radius 2 is 1.73 bits per heavy atom. The fourth-order valence-corrected chi connectivity index (χ4v) is 7.51. The zero-order chi connectivity index (χ0) is 33.6. The van der Waals surface area contributed by atoms with Crippen LogP contribution < -0.4 is 14.4 Å². The van der Waals surface area contributed by atoms with Crippen molar-refractivity contribution in [3.05, 3.63) is 113 Å². The zero-order valence-electron chi connectivity index (χ0n) is 26.5. The number of thioether (sulfide) groups is 1. The van der Waals surface area contributed by atoms with Gasteiger partial charge in [-0.1, -0.05) is 91.4 Å². The fourth-order valence-electron chi connectivity index (χ4n) is 5.64. The van der Waals surface area contributed by atoms with Crippen LogP contribution in [0.3, 0.4) is 0 Å². The van der Waals surface area contributed by atoms with Crippen molar-refractivity contribution in [2.45, 2.75) is 49.2 Å². The lowest BCUT2D eigenvalue weighted by atomic mass is 9.95. The molecule has 0 saturated carbocycles. The van der Waals surface area contributed by atoms with E-state index in [1.807, 2.05) is 25.1 Å². The lowest BCUT2D eigenvalue weighted by Crippen LogP contribution is -2.29. The molecule has 1 aliphatic heterocycles. The Kier molecular flexibility index (Phi) is 10.4. The van der Waals surface area contributed by atoms with Gasteiger partial charge in [0.25, 0.3) is 5.78 Å². The summed E-state index contributed by atoms with van der Waals surface area (Å²) in [5, 5.41) is 22.6. The number of carbonyl (C=O) groups is 2. The van der Waals surface area contributed by atoms with Crippen molar-refractivity contribution >= 4 is 56.5 Å². The minimum Gasteiger partial charge on any atom is -0.507 e. The molecule has 6 rings (SSSR count). The maximum Gasteiger partial charge on any atom is 0.301 e. The molecule has 4 aromatic carbocycles. The quantitative estimate of drug-likeness (QED) is 0.0329. The Balaban J connectivity index is 1.37. The summed E-state index contributed by atoms with van der Waals surface area (Å²) in [6.45, 7) is 4.85. The number of anilines is 1. The van der Waals surface area contributed by atoms with Crippen molar-refractivity contribution in [1.82, 2.24) is 10.2 Å². The first-order valence-electron chi connectivity index (χ1n) is 15.8. The van der Waals surface area contributed by atoms with E-state index in [0.29, 0.717) is 40.4 Å². The van der Waals surface area contributed by atoms with Crippen LogP contribution in [0.1, 0.15) is 55.8 Å². The third kappa shape index (κ3) is 6.93. The predicted molar refractivity (Wildman–Crippen MR) is 187 cm³/mol. The summed E-state index contributed by atoms with van der Waals surface area (Å²) in [5.41, 5.74) is 1.69. The highest BCUT2D eigenvalue weighted by molar-refractivity contribution is 8.00. The minimum absolute atomic E-state index is 0.147. The third-order valence-corrected chi connectivity index (χ3v) is 10.1. The highest BCUT2D eigenvalue weighted by Crippen LogP contribution is 2.46. The second-order valence-corrected chi connectivity index (χ2v) is 13.3. The molecule has 5 aromatic rings. The van der Waals surface area contributed by atoms with Gasteiger partial charge in [-0.2, -0.15) is 0 Å². The number of aliphatic hydroxyl groups excluding tert-OH is 1. The number of hydrogen-bond donors (Lipinski definition) is 1. The Morgan fingerprint density at radius 1 is 0.938 bits per heavy atom. The van der Waals surface area contributed by atoms with E-state index in [9.17, 15) is 19.1 Å². The molecule has 2 heterocycles. The lowest BCUT2D eigenvalue weighted by molar-refractivity contribution is -0.132. The van der Waals surface area contributed by atoms with Crippen LogP contribution in [0.2, 0.25) is 0 Å². The van der Waals surface area contributed by atoms with Crippen molar-refractivity contribution in [2.24, 2.45) is 0 Å². The number of nitrogens with zero attached hydrogens (tertiary/aromatic N) is 3. The summed E-state index contributed by atoms with van der Waals surface area (Å²) in [7, 11) is 0. The summed E-state index contributed by atoms with van der Waals surface area (Å²) in [5.74, 6) is -1.06. The Bertz CT molecular complexity index is 1970. The number of amides is 1. The van der Waals surface area contributed by atoms with E-state index in [1.54, 1.807) is 18.2 Å². The zero-order valence-corrected chi connectivity index (χ0v) is 28.2. The van der Waals surface area contributed by atoms with E-state index in [2.05, 4.69) is 41.4 Å². The van der Waals surface area contributed by atoms with Crippen LogP contribution in [0.5, 0.6) is 11.5 Å². The third-order valence-electron chi connectivity index (χ3n) is 7.98. The van der Waals surface area contributed by atoms with Crippen molar-refractivity contribution in [3.8, 4) is 11.5 Å². The summed E-state index contributed by atoms with van der Waals surface area (Å²) in [6.07, 6.45) is 2.98. The molecule has 0 radical (unpaired) electrons. The number of aromatic nitrogens is 2. The second kappa shape index (κ2) is 15.0. The first kappa shape index (κ1) is 33.2. The van der Waals surface area contributed by atoms with Gasteiger partial charge in [-0.25, -0.2) is 4.39 Å². The molecular weight excluding hydrogens is 650 g/mol. The summed E-state index contributed by atoms with van der Waals surface area (Å²) < 4.78 is 26.3. The maximum atomic E-state index is 13.8. The van der Waals surface area contributed by atoms with Crippen LogP contribution in [0.4, 0.5) is 9.52 Å². The molecule has 0 spiro atoms. The SMILES string of the molecule is CCCCCOc1ccc(C2C(=C(O)c3ccc(F)cc3)C(=O)C(=O)N2c2nnc(SCc3cccc4ccccc34)s2)cc1OCC. The smallest absolute Gasteiger partial charge is 0.301 e. The van der Waals surface area contributed by atoms with Gasteiger partial charge in [0.05, 0.1) is 24.8 Å². The molecule has 0 bridgehead atoms. The molecule has 0 aliphatic carbocycles. The van der Waals surface area contributed by atoms with Crippen LogP contribution in [0.25, 0.3) is 16.5 Å². The van der Waals surface area contributed by atoms with Crippen molar-refractivity contribution < 1.29 is 28.6 Å². The standard InChI is InChI=1S/C37H34FN3O5S2/c1-3-5-8-20-46-29-19-16-25(21-30(29)45-4-2)32-31(33(42)24-14-17-27(38)18-15-24)34(43)35(44)41(32)36-39-40-37(48-36)47-22-26-12-9-11-23-10-6-7-13-28(23)26/h6-7,9-19,21,32,42H,3-5,8,20,22H2,1-2H3. The molecule has 1 unspecified atom stereocenters. The van der Waals surface area contributed by atoms with Crippen LogP contribution in [-0.2, 0) is 15.3 Å². The van der Waals surface area contributed by atoms with Crippen molar-refractivity contribution in [2.75, 3.05) is 18.1 Å². The highest BCUT2D eigenvalue weighted by atomic mass is 32.2. The molecule has 8 nitrogen and oxygen atoms in total. The topological polar surface area (TPSA) is 102 Å². The maximum absolute atomic E-state index is 13.8. The van der Waals surface area contributed by atoms with E-state index in [4.69, 9.17) is 9.47 Å². The average molecular weight is 684 g/mol. The molecule has 1 aromatic heterocycles. The molecule has 246 valence electrons. The van der Waals surface area contributed by atoms with Crippen LogP contribution in [0, 0.1) is 5.82 Å². The molecule has 1 N–H and O–H groups in total. The molecule has 1 fully saturated rings. The summed E-state index contributed by atoms with van der Waals surface area (Å²) in [6, 6.07) is 23.5. The summed E-state index contributed by atoms with van der Waals surface area (Å²) in [4.78, 5) is 28.7. The number of ether oxygens (including phenoxy) is 2. The predicted octanol–water partition coefficient (Wildman–Crippen LogP) is 8.72. The molecule has 1 aliphatic rings. The summed E-state index contributed by atoms with van der Waals surface area (Å²) >= 11 is 2.67. The molecule has 11 heteroatoms. The molecule has 1 atom stereocenters. The Labute approximate surface area is 286 Å². The largest absolute Gasteiger partial charge is 0.507 e. The van der Waals surface area contributed by atoms with Gasteiger partial charge < -0.3 is 14.6 Å². The highest BCUT2D eigenvalue weighted by Gasteiger charge is 2.48. The van der Waals surface area contributed by atoms with Crippen LogP contribution in [0.15, 0.2) is 94.8 Å². The second-order valence-electron chi connectivity index (χ2n) is 11.1. The van der Waals surface area contributed by atoms with E-state index in [0.717, 1.165) is 35.6 Å². The fraction of sp³-hybridized carbons (Fsp3) is 0.243. The van der Waals surface area contributed by atoms with Crippen LogP contribution in [-0.4, -0.2) is 40.2 Å². The van der Waals surface area contributed by atoms with Gasteiger partial charge in [0.2, 0.25) is 5.13 Å². The number of ketones is 1.